The van der Waals surface area contributed by atoms with Gasteiger partial charge < -0.3 is 24.8 Å². The number of benzene rings is 2. The number of carbonyl (C=O) groups is 3. The van der Waals surface area contributed by atoms with Crippen LogP contribution in [0.2, 0.25) is 0 Å². The molecule has 0 heterocycles. The van der Waals surface area contributed by atoms with Crippen molar-refractivity contribution in [1.29, 1.82) is 0 Å². The van der Waals surface area contributed by atoms with Crippen molar-refractivity contribution >= 4 is 29.2 Å². The highest BCUT2D eigenvalue weighted by Gasteiger charge is 2.39. The number of amides is 2. The maximum absolute atomic E-state index is 12.9. The second-order valence-electron chi connectivity index (χ2n) is 8.88. The van der Waals surface area contributed by atoms with Gasteiger partial charge in [-0.15, -0.1) is 0 Å². The molecular formula is C26H32N2O6. The zero-order valence-corrected chi connectivity index (χ0v) is 20.5. The van der Waals surface area contributed by atoms with Crippen molar-refractivity contribution in [2.24, 2.45) is 11.8 Å². The van der Waals surface area contributed by atoms with Crippen molar-refractivity contribution in [3.8, 4) is 11.5 Å². The minimum Gasteiger partial charge on any atom is -0.493 e. The molecule has 34 heavy (non-hydrogen) atoms. The van der Waals surface area contributed by atoms with Crippen molar-refractivity contribution < 1.29 is 28.6 Å². The van der Waals surface area contributed by atoms with Crippen LogP contribution in [0.25, 0.3) is 0 Å². The summed E-state index contributed by atoms with van der Waals surface area (Å²) in [7, 11) is 2.91. The molecular weight excluding hydrogens is 436 g/mol. The molecule has 1 aliphatic carbocycles. The van der Waals surface area contributed by atoms with E-state index < -0.39 is 18.5 Å². The van der Waals surface area contributed by atoms with E-state index in [9.17, 15) is 14.4 Å². The Labute approximate surface area is 200 Å². The lowest BCUT2D eigenvalue weighted by atomic mass is 9.98. The Hall–Kier alpha value is -3.55. The SMILES string of the molecule is COc1cc(NC(=O)C2CC2C)c(C(=O)OCC(=O)Nc2c(C)cccc2C(C)C)cc1OC. The minimum absolute atomic E-state index is 0.0749. The second kappa shape index (κ2) is 10.6. The highest BCUT2D eigenvalue weighted by Crippen LogP contribution is 2.40. The van der Waals surface area contributed by atoms with E-state index in [1.807, 2.05) is 45.9 Å². The van der Waals surface area contributed by atoms with Crippen LogP contribution in [0.4, 0.5) is 11.4 Å². The topological polar surface area (TPSA) is 103 Å². The summed E-state index contributed by atoms with van der Waals surface area (Å²) < 4.78 is 15.9. The minimum atomic E-state index is -0.760. The lowest BCUT2D eigenvalue weighted by Crippen LogP contribution is -2.23. The predicted octanol–water partition coefficient (Wildman–Crippen LogP) is 4.53. The van der Waals surface area contributed by atoms with Gasteiger partial charge in [0.15, 0.2) is 18.1 Å². The number of nitrogens with one attached hydrogen (secondary N) is 2. The van der Waals surface area contributed by atoms with Gasteiger partial charge in [0.2, 0.25) is 5.91 Å². The Kier molecular flexibility index (Phi) is 7.81. The molecule has 8 nitrogen and oxygen atoms in total. The summed E-state index contributed by atoms with van der Waals surface area (Å²) >= 11 is 0. The number of aryl methyl sites for hydroxylation is 1. The third-order valence-electron chi connectivity index (χ3n) is 5.97. The van der Waals surface area contributed by atoms with Gasteiger partial charge in [0.05, 0.1) is 25.5 Å². The highest BCUT2D eigenvalue weighted by atomic mass is 16.5. The normalized spacial score (nSPS) is 16.6. The molecule has 1 saturated carbocycles. The molecule has 0 aromatic heterocycles. The van der Waals surface area contributed by atoms with Crippen molar-refractivity contribution in [1.82, 2.24) is 0 Å². The zero-order valence-electron chi connectivity index (χ0n) is 20.5. The molecule has 3 rings (SSSR count). The van der Waals surface area contributed by atoms with Gasteiger partial charge in [-0.05, 0) is 36.3 Å². The zero-order chi connectivity index (χ0) is 25.0. The number of para-hydroxylation sites is 1. The molecule has 2 atom stereocenters. The number of hydrogen-bond acceptors (Lipinski definition) is 6. The van der Waals surface area contributed by atoms with Gasteiger partial charge in [0.1, 0.15) is 0 Å². The summed E-state index contributed by atoms with van der Waals surface area (Å²) in [6.07, 6.45) is 0.802. The Bertz CT molecular complexity index is 1090. The van der Waals surface area contributed by atoms with Crippen LogP contribution in [-0.4, -0.2) is 38.6 Å². The molecule has 0 saturated heterocycles. The van der Waals surface area contributed by atoms with Gasteiger partial charge in [-0.3, -0.25) is 9.59 Å². The van der Waals surface area contributed by atoms with Crippen LogP contribution in [0, 0.1) is 18.8 Å². The van der Waals surface area contributed by atoms with E-state index >= 15 is 0 Å². The van der Waals surface area contributed by atoms with E-state index in [1.54, 1.807) is 0 Å². The van der Waals surface area contributed by atoms with E-state index in [-0.39, 0.29) is 29.0 Å². The highest BCUT2D eigenvalue weighted by molar-refractivity contribution is 6.04. The van der Waals surface area contributed by atoms with E-state index in [0.29, 0.717) is 17.4 Å². The lowest BCUT2D eigenvalue weighted by Gasteiger charge is -2.17. The summed E-state index contributed by atoms with van der Waals surface area (Å²) in [6.45, 7) is 7.50. The quantitative estimate of drug-likeness (QED) is 0.525. The summed E-state index contributed by atoms with van der Waals surface area (Å²) in [5, 5.41) is 5.64. The fourth-order valence-electron chi connectivity index (χ4n) is 3.79. The number of carbonyl (C=O) groups excluding carboxylic acids is 3. The van der Waals surface area contributed by atoms with Gasteiger partial charge >= 0.3 is 5.97 Å². The largest absolute Gasteiger partial charge is 0.493 e. The fourth-order valence-corrected chi connectivity index (χ4v) is 3.79. The van der Waals surface area contributed by atoms with E-state index in [1.165, 1.54) is 26.4 Å². The van der Waals surface area contributed by atoms with Crippen LogP contribution in [0.3, 0.4) is 0 Å². The summed E-state index contributed by atoms with van der Waals surface area (Å²) in [4.78, 5) is 38.0. The first kappa shape index (κ1) is 25.1. The average Bonchev–Trinajstić information content (AvgIpc) is 3.54. The van der Waals surface area contributed by atoms with Gasteiger partial charge in [0.25, 0.3) is 5.91 Å². The average molecular weight is 469 g/mol. The Morgan fingerprint density at radius 1 is 1.06 bits per heavy atom. The van der Waals surface area contributed by atoms with Crippen molar-refractivity contribution in [2.75, 3.05) is 31.5 Å². The third kappa shape index (κ3) is 5.68. The maximum Gasteiger partial charge on any atom is 0.340 e. The van der Waals surface area contributed by atoms with Crippen LogP contribution < -0.4 is 20.1 Å². The molecule has 2 unspecified atom stereocenters. The van der Waals surface area contributed by atoms with Gasteiger partial charge in [-0.1, -0.05) is 39.0 Å². The summed E-state index contributed by atoms with van der Waals surface area (Å²) in [6, 6.07) is 8.76. The van der Waals surface area contributed by atoms with E-state index in [0.717, 1.165) is 23.2 Å². The first-order valence-corrected chi connectivity index (χ1v) is 11.3. The molecule has 2 aromatic carbocycles. The Morgan fingerprint density at radius 2 is 1.71 bits per heavy atom. The number of rotatable bonds is 9. The Balaban J connectivity index is 1.76. The van der Waals surface area contributed by atoms with Crippen LogP contribution in [0.5, 0.6) is 11.5 Å². The maximum atomic E-state index is 12.9. The molecule has 2 amide bonds. The van der Waals surface area contributed by atoms with Gasteiger partial charge in [0, 0.05) is 23.7 Å². The van der Waals surface area contributed by atoms with Crippen molar-refractivity contribution in [2.45, 2.75) is 40.0 Å². The van der Waals surface area contributed by atoms with Crippen molar-refractivity contribution in [3.05, 3.63) is 47.0 Å². The van der Waals surface area contributed by atoms with Crippen LogP contribution >= 0.6 is 0 Å². The summed E-state index contributed by atoms with van der Waals surface area (Å²) in [5.74, 6) is -0.304. The number of esters is 1. The molecule has 0 spiro atoms. The van der Waals surface area contributed by atoms with E-state index in [2.05, 4.69) is 10.6 Å². The second-order valence-corrected chi connectivity index (χ2v) is 8.88. The molecule has 0 aliphatic heterocycles. The van der Waals surface area contributed by atoms with Crippen molar-refractivity contribution in [3.63, 3.8) is 0 Å². The molecule has 1 fully saturated rings. The monoisotopic (exact) mass is 468 g/mol. The van der Waals surface area contributed by atoms with Crippen LogP contribution in [0.1, 0.15) is 54.6 Å². The summed E-state index contributed by atoms with van der Waals surface area (Å²) in [5.41, 5.74) is 2.96. The predicted molar refractivity (Wildman–Crippen MR) is 130 cm³/mol. The number of anilines is 2. The molecule has 0 bridgehead atoms. The van der Waals surface area contributed by atoms with Crippen LogP contribution in [-0.2, 0) is 14.3 Å². The number of hydrogen-bond donors (Lipinski definition) is 2. The molecule has 8 heteroatoms. The molecule has 0 radical (unpaired) electrons. The van der Waals surface area contributed by atoms with Gasteiger partial charge in [-0.2, -0.15) is 0 Å². The first-order valence-electron chi connectivity index (χ1n) is 11.3. The third-order valence-corrected chi connectivity index (χ3v) is 5.97. The number of methoxy groups -OCH3 is 2. The molecule has 2 aromatic rings. The molecule has 182 valence electrons. The molecule has 2 N–H and O–H groups in total. The Morgan fingerprint density at radius 3 is 2.29 bits per heavy atom. The van der Waals surface area contributed by atoms with Gasteiger partial charge in [-0.25, -0.2) is 4.79 Å². The number of ether oxygens (including phenoxy) is 3. The fraction of sp³-hybridized carbons (Fsp3) is 0.423. The van der Waals surface area contributed by atoms with E-state index in [4.69, 9.17) is 14.2 Å². The lowest BCUT2D eigenvalue weighted by molar-refractivity contribution is -0.119. The smallest absolute Gasteiger partial charge is 0.340 e. The first-order chi connectivity index (χ1) is 16.2. The standard InChI is InChI=1S/C26H32N2O6/c1-14(2)17-9-7-8-15(3)24(17)28-23(29)13-34-26(31)19-11-21(32-5)22(33-6)12-20(19)27-25(30)18-10-16(18)4/h7-9,11-12,14,16,18H,10,13H2,1-6H3,(H,27,30)(H,28,29). The van der Waals surface area contributed by atoms with Crippen LogP contribution in [0.15, 0.2) is 30.3 Å². The molecule has 1 aliphatic rings.